The van der Waals surface area contributed by atoms with E-state index < -0.39 is 11.7 Å². The van der Waals surface area contributed by atoms with Crippen molar-refractivity contribution in [1.82, 2.24) is 5.32 Å². The molecule has 0 bridgehead atoms. The van der Waals surface area contributed by atoms with E-state index in [-0.39, 0.29) is 5.92 Å². The molecule has 2 rings (SSSR count). The van der Waals surface area contributed by atoms with Crippen molar-refractivity contribution in [3.8, 4) is 5.75 Å². The minimum atomic E-state index is -0.513. The minimum Gasteiger partial charge on any atom is -0.493 e. The van der Waals surface area contributed by atoms with Crippen LogP contribution in [-0.4, -0.2) is 24.6 Å². The molecule has 1 atom stereocenters. The van der Waals surface area contributed by atoms with Crippen molar-refractivity contribution in [3.05, 3.63) is 29.3 Å². The zero-order valence-electron chi connectivity index (χ0n) is 12.6. The van der Waals surface area contributed by atoms with Gasteiger partial charge in [-0.15, -0.1) is 0 Å². The summed E-state index contributed by atoms with van der Waals surface area (Å²) in [6.07, 6.45) is 1.81. The Labute approximate surface area is 124 Å². The zero-order valence-corrected chi connectivity index (χ0v) is 12.6. The Kier molecular flexibility index (Phi) is 4.50. The molecule has 0 saturated heterocycles. The second kappa shape index (κ2) is 6.16. The molecule has 21 heavy (non-hydrogen) atoms. The van der Waals surface area contributed by atoms with Crippen LogP contribution < -0.4 is 10.1 Å². The second-order valence-electron chi connectivity index (χ2n) is 6.08. The summed E-state index contributed by atoms with van der Waals surface area (Å²) in [5.74, 6) is 0.857. The van der Waals surface area contributed by atoms with Crippen LogP contribution in [0.3, 0.4) is 0 Å². The number of ether oxygens (including phenoxy) is 2. The molecule has 1 aromatic carbocycles. The van der Waals surface area contributed by atoms with Gasteiger partial charge in [0.2, 0.25) is 0 Å². The summed E-state index contributed by atoms with van der Waals surface area (Å²) in [6.45, 7) is 6.34. The molecule has 1 aliphatic heterocycles. The third-order valence-electron chi connectivity index (χ3n) is 3.12. The van der Waals surface area contributed by atoms with Crippen molar-refractivity contribution in [2.45, 2.75) is 45.3 Å². The van der Waals surface area contributed by atoms with Gasteiger partial charge in [-0.2, -0.15) is 0 Å². The maximum absolute atomic E-state index is 11.6. The van der Waals surface area contributed by atoms with Crippen molar-refractivity contribution in [2.24, 2.45) is 0 Å². The molecule has 0 saturated carbocycles. The highest BCUT2D eigenvalue weighted by molar-refractivity contribution is 5.67. The lowest BCUT2D eigenvalue weighted by Gasteiger charge is -2.19. The predicted molar refractivity (Wildman–Crippen MR) is 78.1 cm³/mol. The maximum Gasteiger partial charge on any atom is 0.407 e. The van der Waals surface area contributed by atoms with E-state index in [1.165, 1.54) is 0 Å². The number of carbonyl (C=O) groups is 1. The first-order valence-electron chi connectivity index (χ1n) is 6.96. The van der Waals surface area contributed by atoms with E-state index in [1.807, 2.05) is 45.3 Å². The number of fused-ring (bicyclic) bond motifs is 1. The smallest absolute Gasteiger partial charge is 0.407 e. The fraction of sp³-hybridized carbons (Fsp3) is 0.500. The van der Waals surface area contributed by atoms with Crippen molar-refractivity contribution < 1.29 is 19.1 Å². The standard InChI is InChI=1S/C16H20NO4/c1-16(2,3)21-15(19)17-9-11-4-5-14-13(8-11)12(6-7-18)10-20-14/h4-5,8,12H,6,9-10H2,1-3H3,(H,17,19). The molecule has 1 radical (unpaired) electrons. The number of rotatable bonds is 4. The van der Waals surface area contributed by atoms with Gasteiger partial charge in [0.25, 0.3) is 0 Å². The first-order valence-corrected chi connectivity index (χ1v) is 6.96. The van der Waals surface area contributed by atoms with Gasteiger partial charge in [0.15, 0.2) is 6.29 Å². The highest BCUT2D eigenvalue weighted by Gasteiger charge is 2.24. The van der Waals surface area contributed by atoms with Crippen molar-refractivity contribution >= 4 is 12.4 Å². The molecule has 1 unspecified atom stereocenters. The Hall–Kier alpha value is -2.04. The van der Waals surface area contributed by atoms with Crippen LogP contribution in [0.25, 0.3) is 0 Å². The number of hydrogen-bond acceptors (Lipinski definition) is 4. The topological polar surface area (TPSA) is 64.6 Å². The van der Waals surface area contributed by atoms with Crippen LogP contribution >= 0.6 is 0 Å². The first-order chi connectivity index (χ1) is 9.89. The number of carbonyl (C=O) groups excluding carboxylic acids is 2. The molecular formula is C16H20NO4. The lowest BCUT2D eigenvalue weighted by molar-refractivity contribution is 0.0523. The molecule has 1 amide bonds. The Morgan fingerprint density at radius 2 is 2.24 bits per heavy atom. The minimum absolute atomic E-state index is 0.0546. The van der Waals surface area contributed by atoms with Crippen molar-refractivity contribution in [2.75, 3.05) is 6.61 Å². The average molecular weight is 290 g/mol. The summed E-state index contributed by atoms with van der Waals surface area (Å²) in [4.78, 5) is 22.2. The third-order valence-corrected chi connectivity index (χ3v) is 3.12. The molecule has 5 heteroatoms. The molecular weight excluding hydrogens is 270 g/mol. The van der Waals surface area contributed by atoms with E-state index in [0.717, 1.165) is 16.9 Å². The average Bonchev–Trinajstić information content (AvgIpc) is 2.78. The van der Waals surface area contributed by atoms with Gasteiger partial charge in [0, 0.05) is 24.4 Å². The molecule has 1 aliphatic rings. The Morgan fingerprint density at radius 1 is 1.48 bits per heavy atom. The lowest BCUT2D eigenvalue weighted by atomic mass is 9.97. The summed E-state index contributed by atoms with van der Waals surface area (Å²) in [7, 11) is 0. The van der Waals surface area contributed by atoms with Crippen LogP contribution in [0.2, 0.25) is 0 Å². The number of amides is 1. The molecule has 0 aromatic heterocycles. The van der Waals surface area contributed by atoms with Gasteiger partial charge >= 0.3 is 6.09 Å². The Balaban J connectivity index is 1.98. The van der Waals surface area contributed by atoms with Gasteiger partial charge in [-0.05, 0) is 38.5 Å². The van der Waals surface area contributed by atoms with Crippen molar-refractivity contribution in [1.29, 1.82) is 0 Å². The fourth-order valence-electron chi connectivity index (χ4n) is 2.20. The Morgan fingerprint density at radius 3 is 2.90 bits per heavy atom. The van der Waals surface area contributed by atoms with Crippen LogP contribution in [-0.2, 0) is 16.1 Å². The predicted octanol–water partition coefficient (Wildman–Crippen LogP) is 2.69. The van der Waals surface area contributed by atoms with Crippen LogP contribution in [0.4, 0.5) is 4.79 Å². The zero-order chi connectivity index (χ0) is 15.5. The van der Waals surface area contributed by atoms with Gasteiger partial charge in [-0.25, -0.2) is 4.79 Å². The summed E-state index contributed by atoms with van der Waals surface area (Å²) in [5, 5.41) is 2.71. The molecule has 0 spiro atoms. The summed E-state index contributed by atoms with van der Waals surface area (Å²) >= 11 is 0. The number of hydrogen-bond donors (Lipinski definition) is 1. The largest absolute Gasteiger partial charge is 0.493 e. The molecule has 0 fully saturated rings. The highest BCUT2D eigenvalue weighted by atomic mass is 16.6. The van der Waals surface area contributed by atoms with Gasteiger partial charge < -0.3 is 14.8 Å². The van der Waals surface area contributed by atoms with Crippen LogP contribution in [0.1, 0.15) is 44.2 Å². The molecule has 1 aromatic rings. The van der Waals surface area contributed by atoms with Crippen molar-refractivity contribution in [3.63, 3.8) is 0 Å². The van der Waals surface area contributed by atoms with E-state index >= 15 is 0 Å². The molecule has 5 nitrogen and oxygen atoms in total. The number of alkyl carbamates (subject to hydrolysis) is 1. The van der Waals surface area contributed by atoms with Gasteiger partial charge in [-0.1, -0.05) is 6.07 Å². The lowest BCUT2D eigenvalue weighted by Crippen LogP contribution is -2.32. The van der Waals surface area contributed by atoms with Crippen LogP contribution in [0.5, 0.6) is 5.75 Å². The normalized spacial score (nSPS) is 16.8. The van der Waals surface area contributed by atoms with E-state index in [2.05, 4.69) is 5.32 Å². The second-order valence-corrected chi connectivity index (χ2v) is 6.08. The SMILES string of the molecule is CC(C)(C)OC(=O)NCc1ccc2c(c1)C(C[C]=O)CO2. The van der Waals surface area contributed by atoms with Gasteiger partial charge in [0.1, 0.15) is 11.4 Å². The monoisotopic (exact) mass is 290 g/mol. The van der Waals surface area contributed by atoms with Crippen LogP contribution in [0, 0.1) is 0 Å². The summed E-state index contributed by atoms with van der Waals surface area (Å²) < 4.78 is 10.7. The Bertz CT molecular complexity index is 534. The van der Waals surface area contributed by atoms with E-state index in [1.54, 1.807) is 0 Å². The molecule has 1 heterocycles. The van der Waals surface area contributed by atoms with Crippen LogP contribution in [0.15, 0.2) is 18.2 Å². The third kappa shape index (κ3) is 4.21. The van der Waals surface area contributed by atoms with Gasteiger partial charge in [0.05, 0.1) is 6.61 Å². The molecule has 1 N–H and O–H groups in total. The summed E-state index contributed by atoms with van der Waals surface area (Å²) in [6, 6.07) is 5.72. The number of benzene rings is 1. The number of nitrogens with one attached hydrogen (secondary N) is 1. The maximum atomic E-state index is 11.6. The van der Waals surface area contributed by atoms with E-state index in [0.29, 0.717) is 19.6 Å². The first kappa shape index (κ1) is 15.4. The highest BCUT2D eigenvalue weighted by Crippen LogP contribution is 2.35. The van der Waals surface area contributed by atoms with Gasteiger partial charge in [-0.3, -0.25) is 4.79 Å². The fourth-order valence-corrected chi connectivity index (χ4v) is 2.20. The summed E-state index contributed by atoms with van der Waals surface area (Å²) in [5.41, 5.74) is 1.43. The molecule has 0 aliphatic carbocycles. The quantitative estimate of drug-likeness (QED) is 0.926. The van der Waals surface area contributed by atoms with E-state index in [4.69, 9.17) is 9.47 Å². The molecule has 113 valence electrons. The van der Waals surface area contributed by atoms with E-state index in [9.17, 15) is 9.59 Å².